The van der Waals surface area contributed by atoms with Crippen LogP contribution < -0.4 is 5.32 Å². The first kappa shape index (κ1) is 14.2. The Morgan fingerprint density at radius 3 is 2.24 bits per heavy atom. The number of hydrogen-bond donors (Lipinski definition) is 2. The van der Waals surface area contributed by atoms with Gasteiger partial charge in [-0.15, -0.1) is 0 Å². The van der Waals surface area contributed by atoms with E-state index in [9.17, 15) is 5.11 Å². The van der Waals surface area contributed by atoms with Crippen molar-refractivity contribution in [2.45, 2.75) is 46.3 Å². The molecule has 2 atom stereocenters. The molecule has 1 aromatic rings. The van der Waals surface area contributed by atoms with E-state index < -0.39 is 6.10 Å². The zero-order valence-electron chi connectivity index (χ0n) is 11.4. The van der Waals surface area contributed by atoms with Gasteiger partial charge >= 0.3 is 0 Å². The summed E-state index contributed by atoms with van der Waals surface area (Å²) in [5.41, 5.74) is 2.22. The van der Waals surface area contributed by atoms with Crippen LogP contribution in [0.2, 0.25) is 0 Å². The molecule has 2 unspecified atom stereocenters. The Morgan fingerprint density at radius 2 is 1.76 bits per heavy atom. The number of nitrogens with one attached hydrogen (secondary N) is 1. The third-order valence-electron chi connectivity index (χ3n) is 3.03. The Hall–Kier alpha value is -0.860. The van der Waals surface area contributed by atoms with Crippen LogP contribution in [0.15, 0.2) is 24.3 Å². The summed E-state index contributed by atoms with van der Waals surface area (Å²) < 4.78 is 0. The molecule has 0 spiro atoms. The Kier molecular flexibility index (Phi) is 5.66. The van der Waals surface area contributed by atoms with E-state index in [1.165, 1.54) is 5.56 Å². The molecule has 2 N–H and O–H groups in total. The standard InChI is InChI=1S/C15H25NO/c1-5-14(16-10-11(2)3)15(17)13-8-6-12(4)7-9-13/h6-9,11,14-17H,5,10H2,1-4H3. The van der Waals surface area contributed by atoms with Crippen molar-refractivity contribution in [1.82, 2.24) is 5.32 Å². The summed E-state index contributed by atoms with van der Waals surface area (Å²) in [5.74, 6) is 0.606. The van der Waals surface area contributed by atoms with Crippen molar-refractivity contribution in [3.63, 3.8) is 0 Å². The summed E-state index contributed by atoms with van der Waals surface area (Å²) in [4.78, 5) is 0. The zero-order valence-corrected chi connectivity index (χ0v) is 11.4. The average molecular weight is 235 g/mol. The predicted octanol–water partition coefficient (Wildman–Crippen LogP) is 3.05. The highest BCUT2D eigenvalue weighted by molar-refractivity contribution is 5.24. The van der Waals surface area contributed by atoms with Gasteiger partial charge in [0.05, 0.1) is 6.10 Å². The highest BCUT2D eigenvalue weighted by Gasteiger charge is 2.18. The molecule has 0 aliphatic heterocycles. The maximum absolute atomic E-state index is 10.3. The lowest BCUT2D eigenvalue weighted by Crippen LogP contribution is -2.36. The lowest BCUT2D eigenvalue weighted by atomic mass is 9.99. The maximum Gasteiger partial charge on any atom is 0.0942 e. The van der Waals surface area contributed by atoms with E-state index in [1.54, 1.807) is 0 Å². The van der Waals surface area contributed by atoms with E-state index in [2.05, 4.69) is 33.0 Å². The summed E-state index contributed by atoms with van der Waals surface area (Å²) in [7, 11) is 0. The summed E-state index contributed by atoms with van der Waals surface area (Å²) in [5, 5.41) is 13.8. The molecule has 2 heteroatoms. The Labute approximate surface area is 105 Å². The molecule has 0 aliphatic rings. The maximum atomic E-state index is 10.3. The second-order valence-corrected chi connectivity index (χ2v) is 5.17. The Bertz CT molecular complexity index is 318. The topological polar surface area (TPSA) is 32.3 Å². The van der Waals surface area contributed by atoms with Crippen molar-refractivity contribution in [3.8, 4) is 0 Å². The molecular formula is C15H25NO. The van der Waals surface area contributed by atoms with Crippen molar-refractivity contribution in [1.29, 1.82) is 0 Å². The van der Waals surface area contributed by atoms with Crippen LogP contribution in [0.25, 0.3) is 0 Å². The third kappa shape index (κ3) is 4.49. The number of hydrogen-bond acceptors (Lipinski definition) is 2. The van der Waals surface area contributed by atoms with Crippen molar-refractivity contribution >= 4 is 0 Å². The monoisotopic (exact) mass is 235 g/mol. The fourth-order valence-electron chi connectivity index (χ4n) is 1.86. The first-order chi connectivity index (χ1) is 8.04. The lowest BCUT2D eigenvalue weighted by Gasteiger charge is -2.24. The number of rotatable bonds is 6. The van der Waals surface area contributed by atoms with Crippen LogP contribution in [-0.4, -0.2) is 17.7 Å². The fourth-order valence-corrected chi connectivity index (χ4v) is 1.86. The molecule has 0 bridgehead atoms. The number of aryl methyl sites for hydroxylation is 1. The minimum atomic E-state index is -0.417. The second-order valence-electron chi connectivity index (χ2n) is 5.17. The zero-order chi connectivity index (χ0) is 12.8. The molecule has 0 heterocycles. The van der Waals surface area contributed by atoms with Crippen LogP contribution in [0.1, 0.15) is 44.4 Å². The molecule has 0 aliphatic carbocycles. The Balaban J connectivity index is 2.64. The summed E-state index contributed by atoms with van der Waals surface area (Å²) in [6.45, 7) is 9.47. The molecule has 1 rings (SSSR count). The van der Waals surface area contributed by atoms with E-state index in [4.69, 9.17) is 0 Å². The van der Waals surface area contributed by atoms with Crippen LogP contribution in [-0.2, 0) is 0 Å². The van der Waals surface area contributed by atoms with Crippen LogP contribution in [0.5, 0.6) is 0 Å². The summed E-state index contributed by atoms with van der Waals surface area (Å²) >= 11 is 0. The normalized spacial score (nSPS) is 14.9. The molecular weight excluding hydrogens is 210 g/mol. The molecule has 0 fully saturated rings. The van der Waals surface area contributed by atoms with E-state index >= 15 is 0 Å². The number of benzene rings is 1. The van der Waals surface area contributed by atoms with E-state index in [0.29, 0.717) is 5.92 Å². The fraction of sp³-hybridized carbons (Fsp3) is 0.600. The molecule has 96 valence electrons. The van der Waals surface area contributed by atoms with Crippen LogP contribution in [0, 0.1) is 12.8 Å². The predicted molar refractivity (Wildman–Crippen MR) is 73.1 cm³/mol. The molecule has 0 saturated heterocycles. The lowest BCUT2D eigenvalue weighted by molar-refractivity contribution is 0.124. The number of aliphatic hydroxyl groups excluding tert-OH is 1. The quantitative estimate of drug-likeness (QED) is 0.794. The molecule has 0 radical (unpaired) electrons. The van der Waals surface area contributed by atoms with Gasteiger partial charge in [0.2, 0.25) is 0 Å². The van der Waals surface area contributed by atoms with E-state index in [0.717, 1.165) is 18.5 Å². The van der Waals surface area contributed by atoms with Gasteiger partial charge in [-0.05, 0) is 31.4 Å². The van der Waals surface area contributed by atoms with Gasteiger partial charge in [0.25, 0.3) is 0 Å². The van der Waals surface area contributed by atoms with Gasteiger partial charge < -0.3 is 10.4 Å². The van der Waals surface area contributed by atoms with Gasteiger partial charge in [-0.2, -0.15) is 0 Å². The second kappa shape index (κ2) is 6.77. The van der Waals surface area contributed by atoms with Crippen molar-refractivity contribution in [2.75, 3.05) is 6.54 Å². The highest BCUT2D eigenvalue weighted by Crippen LogP contribution is 2.19. The third-order valence-corrected chi connectivity index (χ3v) is 3.03. The SMILES string of the molecule is CCC(NCC(C)C)C(O)c1ccc(C)cc1. The first-order valence-electron chi connectivity index (χ1n) is 6.52. The molecule has 0 amide bonds. The van der Waals surface area contributed by atoms with Crippen molar-refractivity contribution in [2.24, 2.45) is 5.92 Å². The Morgan fingerprint density at radius 1 is 1.18 bits per heavy atom. The van der Waals surface area contributed by atoms with Crippen LogP contribution in [0.4, 0.5) is 0 Å². The van der Waals surface area contributed by atoms with Gasteiger partial charge in [0, 0.05) is 6.04 Å². The van der Waals surface area contributed by atoms with Gasteiger partial charge in [-0.25, -0.2) is 0 Å². The van der Waals surface area contributed by atoms with Gasteiger partial charge in [0.15, 0.2) is 0 Å². The van der Waals surface area contributed by atoms with Crippen molar-refractivity contribution < 1.29 is 5.11 Å². The summed E-state index contributed by atoms with van der Waals surface area (Å²) in [6, 6.07) is 8.26. The van der Waals surface area contributed by atoms with Crippen LogP contribution in [0.3, 0.4) is 0 Å². The van der Waals surface area contributed by atoms with Crippen LogP contribution >= 0.6 is 0 Å². The minimum absolute atomic E-state index is 0.139. The molecule has 1 aromatic carbocycles. The average Bonchev–Trinajstić information content (AvgIpc) is 2.30. The van der Waals surface area contributed by atoms with Gasteiger partial charge in [0.1, 0.15) is 0 Å². The van der Waals surface area contributed by atoms with E-state index in [1.807, 2.05) is 24.3 Å². The minimum Gasteiger partial charge on any atom is -0.387 e. The largest absolute Gasteiger partial charge is 0.387 e. The highest BCUT2D eigenvalue weighted by atomic mass is 16.3. The molecule has 0 aromatic heterocycles. The van der Waals surface area contributed by atoms with Gasteiger partial charge in [-0.3, -0.25) is 0 Å². The smallest absolute Gasteiger partial charge is 0.0942 e. The summed E-state index contributed by atoms with van der Waals surface area (Å²) in [6.07, 6.45) is 0.515. The van der Waals surface area contributed by atoms with Gasteiger partial charge in [-0.1, -0.05) is 50.6 Å². The molecule has 0 saturated carbocycles. The van der Waals surface area contributed by atoms with Crippen molar-refractivity contribution in [3.05, 3.63) is 35.4 Å². The number of aliphatic hydroxyl groups is 1. The molecule has 2 nitrogen and oxygen atoms in total. The molecule has 17 heavy (non-hydrogen) atoms. The van der Waals surface area contributed by atoms with E-state index in [-0.39, 0.29) is 6.04 Å². The first-order valence-corrected chi connectivity index (χ1v) is 6.52.